The first-order chi connectivity index (χ1) is 14.4. The quantitative estimate of drug-likeness (QED) is 0.617. The summed E-state index contributed by atoms with van der Waals surface area (Å²) in [5, 5.41) is 3.93. The van der Waals surface area contributed by atoms with Crippen LogP contribution < -0.4 is 10.1 Å². The van der Waals surface area contributed by atoms with Crippen LogP contribution in [0.25, 0.3) is 10.1 Å². The Bertz CT molecular complexity index is 1190. The predicted octanol–water partition coefficient (Wildman–Crippen LogP) is 3.84. The van der Waals surface area contributed by atoms with Crippen LogP contribution in [0.3, 0.4) is 0 Å². The summed E-state index contributed by atoms with van der Waals surface area (Å²) in [5.74, 6) is 0.327. The van der Waals surface area contributed by atoms with Crippen LogP contribution in [0, 0.1) is 0 Å². The third kappa shape index (κ3) is 4.03. The number of carbonyl (C=O) groups is 1. The number of morpholine rings is 1. The van der Waals surface area contributed by atoms with Gasteiger partial charge in [0.05, 0.1) is 30.2 Å². The van der Waals surface area contributed by atoms with E-state index in [1.807, 2.05) is 12.1 Å². The first-order valence-electron chi connectivity index (χ1n) is 9.15. The Morgan fingerprint density at radius 1 is 1.17 bits per heavy atom. The summed E-state index contributed by atoms with van der Waals surface area (Å²) >= 11 is 7.67. The summed E-state index contributed by atoms with van der Waals surface area (Å²) in [6.07, 6.45) is 0. The number of sulfonamides is 1. The Kier molecular flexibility index (Phi) is 5.99. The van der Waals surface area contributed by atoms with Gasteiger partial charge in [-0.05, 0) is 42.5 Å². The number of amides is 1. The first kappa shape index (κ1) is 21.1. The monoisotopic (exact) mass is 466 g/mol. The van der Waals surface area contributed by atoms with Crippen molar-refractivity contribution < 1.29 is 22.7 Å². The number of halogens is 1. The highest BCUT2D eigenvalue weighted by atomic mass is 35.5. The Morgan fingerprint density at radius 2 is 1.87 bits per heavy atom. The second-order valence-corrected chi connectivity index (χ2v) is 9.97. The molecule has 158 valence electrons. The van der Waals surface area contributed by atoms with Crippen LogP contribution in [0.5, 0.6) is 5.75 Å². The van der Waals surface area contributed by atoms with Gasteiger partial charge in [0.1, 0.15) is 10.6 Å². The van der Waals surface area contributed by atoms with E-state index in [2.05, 4.69) is 5.32 Å². The third-order valence-corrected chi connectivity index (χ3v) is 8.33. The maximum atomic E-state index is 12.7. The van der Waals surface area contributed by atoms with Crippen molar-refractivity contribution in [2.24, 2.45) is 0 Å². The molecule has 0 aliphatic carbocycles. The van der Waals surface area contributed by atoms with Crippen molar-refractivity contribution in [3.05, 3.63) is 52.4 Å². The molecule has 1 saturated heterocycles. The van der Waals surface area contributed by atoms with Crippen LogP contribution in [0.15, 0.2) is 47.4 Å². The second-order valence-electron chi connectivity index (χ2n) is 6.60. The molecule has 1 N–H and O–H groups in total. The summed E-state index contributed by atoms with van der Waals surface area (Å²) < 4.78 is 38.1. The maximum Gasteiger partial charge on any atom is 0.267 e. The van der Waals surface area contributed by atoms with Gasteiger partial charge in [0.2, 0.25) is 10.0 Å². The highest BCUT2D eigenvalue weighted by molar-refractivity contribution is 7.89. The molecule has 4 rings (SSSR count). The maximum absolute atomic E-state index is 12.7. The molecule has 0 spiro atoms. The summed E-state index contributed by atoms with van der Waals surface area (Å²) in [6, 6.07) is 11.5. The summed E-state index contributed by atoms with van der Waals surface area (Å²) in [5.41, 5.74) is 0.479. The van der Waals surface area contributed by atoms with E-state index >= 15 is 0 Å². The molecule has 1 aliphatic rings. The predicted molar refractivity (Wildman–Crippen MR) is 117 cm³/mol. The molecule has 0 atom stereocenters. The topological polar surface area (TPSA) is 84.9 Å². The van der Waals surface area contributed by atoms with Crippen LogP contribution in [0.1, 0.15) is 9.67 Å². The van der Waals surface area contributed by atoms with E-state index < -0.39 is 10.0 Å². The lowest BCUT2D eigenvalue weighted by Crippen LogP contribution is -2.40. The number of rotatable bonds is 5. The fourth-order valence-electron chi connectivity index (χ4n) is 3.15. The van der Waals surface area contributed by atoms with Gasteiger partial charge >= 0.3 is 0 Å². The molecule has 0 saturated carbocycles. The van der Waals surface area contributed by atoms with Gasteiger partial charge in [0.15, 0.2) is 0 Å². The van der Waals surface area contributed by atoms with Gasteiger partial charge in [-0.15, -0.1) is 11.3 Å². The Labute approximate surface area is 183 Å². The van der Waals surface area contributed by atoms with Crippen LogP contribution in [-0.2, 0) is 14.8 Å². The zero-order chi connectivity index (χ0) is 21.3. The number of hydrogen-bond donors (Lipinski definition) is 1. The minimum Gasteiger partial charge on any atom is -0.497 e. The molecule has 3 aromatic rings. The number of nitrogens with zero attached hydrogens (tertiary/aromatic N) is 1. The lowest BCUT2D eigenvalue weighted by atomic mass is 10.2. The lowest BCUT2D eigenvalue weighted by Gasteiger charge is -2.26. The van der Waals surface area contributed by atoms with E-state index in [-0.39, 0.29) is 10.8 Å². The van der Waals surface area contributed by atoms with Crippen molar-refractivity contribution in [2.75, 3.05) is 38.7 Å². The minimum absolute atomic E-state index is 0.175. The Morgan fingerprint density at radius 3 is 2.53 bits per heavy atom. The lowest BCUT2D eigenvalue weighted by molar-refractivity contribution is 0.0730. The number of thiophene rings is 1. The smallest absolute Gasteiger partial charge is 0.267 e. The molecule has 1 fully saturated rings. The number of benzene rings is 2. The van der Waals surface area contributed by atoms with E-state index in [0.29, 0.717) is 47.6 Å². The van der Waals surface area contributed by atoms with Gasteiger partial charge in [0, 0.05) is 28.9 Å². The molecule has 2 aromatic carbocycles. The molecule has 10 heteroatoms. The standard InChI is InChI=1S/C20H19ClN2O5S2/c1-27-14-4-7-16-17(12-14)29-19(18(16)21)20(24)22-13-2-5-15(6-3-13)30(25,26)23-8-10-28-11-9-23/h2-7,12H,8-11H2,1H3,(H,22,24). The number of hydrogen-bond acceptors (Lipinski definition) is 6. The molecule has 30 heavy (non-hydrogen) atoms. The van der Waals surface area contributed by atoms with E-state index in [1.54, 1.807) is 25.3 Å². The molecule has 0 unspecified atom stereocenters. The highest BCUT2D eigenvalue weighted by Crippen LogP contribution is 2.37. The SMILES string of the molecule is COc1ccc2c(Cl)c(C(=O)Nc3ccc(S(=O)(=O)N4CCOCC4)cc3)sc2c1. The van der Waals surface area contributed by atoms with Gasteiger partial charge in [0.25, 0.3) is 5.91 Å². The molecule has 1 aromatic heterocycles. The van der Waals surface area contributed by atoms with Crippen LogP contribution in [0.4, 0.5) is 5.69 Å². The van der Waals surface area contributed by atoms with Crippen molar-refractivity contribution in [3.63, 3.8) is 0 Å². The van der Waals surface area contributed by atoms with Crippen molar-refractivity contribution >= 4 is 54.6 Å². The molecule has 2 heterocycles. The number of nitrogens with one attached hydrogen (secondary N) is 1. The molecular weight excluding hydrogens is 448 g/mol. The van der Waals surface area contributed by atoms with Crippen molar-refractivity contribution in [2.45, 2.75) is 4.90 Å². The van der Waals surface area contributed by atoms with Crippen molar-refractivity contribution in [1.82, 2.24) is 4.31 Å². The number of anilines is 1. The molecule has 7 nitrogen and oxygen atoms in total. The van der Waals surface area contributed by atoms with Gasteiger partial charge in [-0.25, -0.2) is 8.42 Å². The van der Waals surface area contributed by atoms with Gasteiger partial charge in [-0.1, -0.05) is 11.6 Å². The van der Waals surface area contributed by atoms with E-state index in [0.717, 1.165) is 10.1 Å². The fraction of sp³-hybridized carbons (Fsp3) is 0.250. The minimum atomic E-state index is -3.58. The Hall–Kier alpha value is -2.17. The number of methoxy groups -OCH3 is 1. The largest absolute Gasteiger partial charge is 0.497 e. The van der Waals surface area contributed by atoms with E-state index in [1.165, 1.54) is 27.8 Å². The van der Waals surface area contributed by atoms with Gasteiger partial charge in [-0.3, -0.25) is 4.79 Å². The summed E-state index contributed by atoms with van der Waals surface area (Å²) in [7, 11) is -2.00. The van der Waals surface area contributed by atoms with Crippen molar-refractivity contribution in [1.29, 1.82) is 0 Å². The van der Waals surface area contributed by atoms with Crippen LogP contribution in [0.2, 0.25) is 5.02 Å². The molecule has 1 aliphatic heterocycles. The molecule has 0 bridgehead atoms. The first-order valence-corrected chi connectivity index (χ1v) is 11.8. The average Bonchev–Trinajstić information content (AvgIpc) is 3.10. The van der Waals surface area contributed by atoms with Crippen LogP contribution in [-0.4, -0.2) is 52.0 Å². The zero-order valence-corrected chi connectivity index (χ0v) is 18.4. The average molecular weight is 467 g/mol. The zero-order valence-electron chi connectivity index (χ0n) is 16.1. The third-order valence-electron chi connectivity index (χ3n) is 4.76. The summed E-state index contributed by atoms with van der Waals surface area (Å²) in [4.78, 5) is 13.3. The van der Waals surface area contributed by atoms with E-state index in [4.69, 9.17) is 21.1 Å². The number of carbonyl (C=O) groups excluding carboxylic acids is 1. The number of fused-ring (bicyclic) bond motifs is 1. The van der Waals surface area contributed by atoms with Crippen molar-refractivity contribution in [3.8, 4) is 5.75 Å². The van der Waals surface area contributed by atoms with Crippen LogP contribution >= 0.6 is 22.9 Å². The van der Waals surface area contributed by atoms with E-state index in [9.17, 15) is 13.2 Å². The van der Waals surface area contributed by atoms with Gasteiger partial charge in [-0.2, -0.15) is 4.31 Å². The second kappa shape index (κ2) is 8.52. The van der Waals surface area contributed by atoms with Gasteiger partial charge < -0.3 is 14.8 Å². The number of ether oxygens (including phenoxy) is 2. The molecule has 0 radical (unpaired) electrons. The molecule has 1 amide bonds. The normalized spacial score (nSPS) is 15.3. The fourth-order valence-corrected chi connectivity index (χ4v) is 6.00. The summed E-state index contributed by atoms with van der Waals surface area (Å²) in [6.45, 7) is 1.43. The highest BCUT2D eigenvalue weighted by Gasteiger charge is 2.26. The Balaban J connectivity index is 1.53. The molecular formula is C20H19ClN2O5S2.